The average molecular weight is 279 g/mol. The van der Waals surface area contributed by atoms with Crippen LogP contribution in [0.5, 0.6) is 0 Å². The number of aliphatic hydroxyl groups is 1. The minimum absolute atomic E-state index is 0.0584. The Morgan fingerprint density at radius 3 is 2.40 bits per heavy atom. The number of hydrogen-bond acceptors (Lipinski definition) is 3. The molecule has 1 amide bonds. The predicted molar refractivity (Wildman–Crippen MR) is 79.2 cm³/mol. The molecule has 4 nitrogen and oxygen atoms in total. The van der Waals surface area contributed by atoms with Crippen LogP contribution in [-0.4, -0.2) is 29.3 Å². The van der Waals surface area contributed by atoms with Crippen molar-refractivity contribution in [3.8, 4) is 0 Å². The van der Waals surface area contributed by atoms with Gasteiger partial charge in [0.05, 0.1) is 18.8 Å². The van der Waals surface area contributed by atoms with Gasteiger partial charge in [-0.2, -0.15) is 0 Å². The van der Waals surface area contributed by atoms with E-state index in [9.17, 15) is 9.90 Å². The van der Waals surface area contributed by atoms with Crippen LogP contribution in [0.3, 0.4) is 0 Å². The van der Waals surface area contributed by atoms with Crippen molar-refractivity contribution >= 4 is 5.91 Å². The van der Waals surface area contributed by atoms with Crippen molar-refractivity contribution in [2.45, 2.75) is 51.9 Å². The summed E-state index contributed by atoms with van der Waals surface area (Å²) in [6.45, 7) is 5.98. The Bertz CT molecular complexity index is 393. The van der Waals surface area contributed by atoms with Gasteiger partial charge in [-0.15, -0.1) is 0 Å². The molecule has 112 valence electrons. The van der Waals surface area contributed by atoms with Crippen LogP contribution in [0, 0.1) is 0 Å². The maximum atomic E-state index is 12.1. The van der Waals surface area contributed by atoms with E-state index < -0.39 is 11.6 Å². The summed E-state index contributed by atoms with van der Waals surface area (Å²) >= 11 is 0. The van der Waals surface area contributed by atoms with Gasteiger partial charge in [0.25, 0.3) is 0 Å². The maximum Gasteiger partial charge on any atom is 0.249 e. The molecule has 1 unspecified atom stereocenters. The fraction of sp³-hybridized carbons (Fsp3) is 0.562. The van der Waals surface area contributed by atoms with Crippen LogP contribution in [0.2, 0.25) is 0 Å². The molecular formula is C16H25NO3. The Labute approximate surface area is 121 Å². The molecule has 2 N–H and O–H groups in total. The van der Waals surface area contributed by atoms with Crippen molar-refractivity contribution in [2.24, 2.45) is 0 Å². The van der Waals surface area contributed by atoms with Crippen molar-refractivity contribution in [2.75, 3.05) is 6.61 Å². The lowest BCUT2D eigenvalue weighted by atomic mass is 9.93. The number of aliphatic hydroxyl groups excluding tert-OH is 1. The van der Waals surface area contributed by atoms with Crippen molar-refractivity contribution < 1.29 is 14.6 Å². The topological polar surface area (TPSA) is 58.6 Å². The molecule has 1 atom stereocenters. The van der Waals surface area contributed by atoms with Gasteiger partial charge in [-0.25, -0.2) is 0 Å². The minimum atomic E-state index is -0.542. The Kier molecular flexibility index (Phi) is 6.68. The smallest absolute Gasteiger partial charge is 0.249 e. The van der Waals surface area contributed by atoms with E-state index in [1.54, 1.807) is 6.92 Å². The first-order valence-corrected chi connectivity index (χ1v) is 7.15. The molecule has 1 rings (SSSR count). The lowest BCUT2D eigenvalue weighted by Crippen LogP contribution is -2.53. The third kappa shape index (κ3) is 4.62. The summed E-state index contributed by atoms with van der Waals surface area (Å²) in [6.07, 6.45) is 0.841. The summed E-state index contributed by atoms with van der Waals surface area (Å²) in [6, 6.07) is 9.74. The first-order valence-electron chi connectivity index (χ1n) is 7.15. The second-order valence-electron chi connectivity index (χ2n) is 5.07. The number of amides is 1. The van der Waals surface area contributed by atoms with Gasteiger partial charge in [0.1, 0.15) is 6.10 Å². The van der Waals surface area contributed by atoms with Crippen LogP contribution in [0.1, 0.15) is 39.2 Å². The Hall–Kier alpha value is -1.39. The molecule has 1 aromatic carbocycles. The summed E-state index contributed by atoms with van der Waals surface area (Å²) in [7, 11) is 0. The molecule has 4 heteroatoms. The minimum Gasteiger partial charge on any atom is -0.394 e. The summed E-state index contributed by atoms with van der Waals surface area (Å²) in [5.41, 5.74) is 0.494. The molecule has 0 heterocycles. The van der Waals surface area contributed by atoms with E-state index in [4.69, 9.17) is 4.74 Å². The third-order valence-electron chi connectivity index (χ3n) is 3.76. The summed E-state index contributed by atoms with van der Waals surface area (Å²) in [5, 5.41) is 12.4. The zero-order chi connectivity index (χ0) is 15.0. The predicted octanol–water partition coefficient (Wildman–Crippen LogP) is 2.26. The van der Waals surface area contributed by atoms with Gasteiger partial charge in [-0.1, -0.05) is 44.2 Å². The normalized spacial score (nSPS) is 13.0. The van der Waals surface area contributed by atoms with Gasteiger partial charge < -0.3 is 15.2 Å². The van der Waals surface area contributed by atoms with E-state index in [-0.39, 0.29) is 12.5 Å². The van der Waals surface area contributed by atoms with Crippen LogP contribution < -0.4 is 5.32 Å². The van der Waals surface area contributed by atoms with Gasteiger partial charge >= 0.3 is 0 Å². The Morgan fingerprint density at radius 2 is 1.90 bits per heavy atom. The molecule has 0 saturated heterocycles. The van der Waals surface area contributed by atoms with Gasteiger partial charge in [-0.3, -0.25) is 4.79 Å². The van der Waals surface area contributed by atoms with Crippen molar-refractivity contribution in [3.63, 3.8) is 0 Å². The zero-order valence-corrected chi connectivity index (χ0v) is 12.6. The molecule has 20 heavy (non-hydrogen) atoms. The highest BCUT2D eigenvalue weighted by molar-refractivity contribution is 5.81. The van der Waals surface area contributed by atoms with E-state index in [0.717, 1.165) is 5.56 Å². The standard InChI is InChI=1S/C16H25NO3/c1-4-16(5-2,12-18)17-15(19)13(3)20-11-14-9-7-6-8-10-14/h6-10,13,18H,4-5,11-12H2,1-3H3,(H,17,19). The van der Waals surface area contributed by atoms with E-state index in [0.29, 0.717) is 19.4 Å². The van der Waals surface area contributed by atoms with Crippen LogP contribution in [0.4, 0.5) is 0 Å². The molecule has 0 aromatic heterocycles. The zero-order valence-electron chi connectivity index (χ0n) is 12.6. The fourth-order valence-electron chi connectivity index (χ4n) is 1.92. The molecule has 0 fully saturated rings. The Balaban J connectivity index is 2.50. The molecule has 0 spiro atoms. The number of nitrogens with one attached hydrogen (secondary N) is 1. The summed E-state index contributed by atoms with van der Waals surface area (Å²) in [4.78, 5) is 12.1. The molecule has 0 aliphatic carbocycles. The Morgan fingerprint density at radius 1 is 1.30 bits per heavy atom. The molecule has 0 aliphatic heterocycles. The number of hydrogen-bond donors (Lipinski definition) is 2. The van der Waals surface area contributed by atoms with E-state index in [2.05, 4.69) is 5.32 Å². The lowest BCUT2D eigenvalue weighted by Gasteiger charge is -2.31. The maximum absolute atomic E-state index is 12.1. The monoisotopic (exact) mass is 279 g/mol. The lowest BCUT2D eigenvalue weighted by molar-refractivity contribution is -0.135. The second-order valence-corrected chi connectivity index (χ2v) is 5.07. The largest absolute Gasteiger partial charge is 0.394 e. The molecule has 1 aromatic rings. The fourth-order valence-corrected chi connectivity index (χ4v) is 1.92. The second kappa shape index (κ2) is 8.02. The van der Waals surface area contributed by atoms with Crippen LogP contribution >= 0.6 is 0 Å². The molecule has 0 radical (unpaired) electrons. The van der Waals surface area contributed by atoms with Crippen molar-refractivity contribution in [1.29, 1.82) is 0 Å². The first-order chi connectivity index (χ1) is 9.56. The van der Waals surface area contributed by atoms with Crippen LogP contribution in [0.25, 0.3) is 0 Å². The summed E-state index contributed by atoms with van der Waals surface area (Å²) < 4.78 is 5.58. The number of benzene rings is 1. The molecule has 0 bridgehead atoms. The molecular weight excluding hydrogens is 254 g/mol. The number of rotatable bonds is 8. The number of ether oxygens (including phenoxy) is 1. The van der Waals surface area contributed by atoms with Crippen molar-refractivity contribution in [3.05, 3.63) is 35.9 Å². The van der Waals surface area contributed by atoms with E-state index in [1.807, 2.05) is 44.2 Å². The van der Waals surface area contributed by atoms with Crippen LogP contribution in [0.15, 0.2) is 30.3 Å². The van der Waals surface area contributed by atoms with Crippen LogP contribution in [-0.2, 0) is 16.1 Å². The molecule has 0 saturated carbocycles. The highest BCUT2D eigenvalue weighted by Crippen LogP contribution is 2.15. The quantitative estimate of drug-likeness (QED) is 0.767. The number of carbonyl (C=O) groups excluding carboxylic acids is 1. The average Bonchev–Trinajstić information content (AvgIpc) is 2.51. The number of carbonyl (C=O) groups is 1. The molecule has 0 aliphatic rings. The van der Waals surface area contributed by atoms with E-state index >= 15 is 0 Å². The van der Waals surface area contributed by atoms with Gasteiger partial charge in [-0.05, 0) is 25.3 Å². The highest BCUT2D eigenvalue weighted by atomic mass is 16.5. The van der Waals surface area contributed by atoms with Crippen molar-refractivity contribution in [1.82, 2.24) is 5.32 Å². The van der Waals surface area contributed by atoms with E-state index in [1.165, 1.54) is 0 Å². The van der Waals surface area contributed by atoms with Gasteiger partial charge in [0.15, 0.2) is 0 Å². The van der Waals surface area contributed by atoms with Gasteiger partial charge in [0.2, 0.25) is 5.91 Å². The SMILES string of the molecule is CCC(CC)(CO)NC(=O)C(C)OCc1ccccc1. The summed E-state index contributed by atoms with van der Waals surface area (Å²) in [5.74, 6) is -0.182. The third-order valence-corrected chi connectivity index (χ3v) is 3.76. The first kappa shape index (κ1) is 16.7. The highest BCUT2D eigenvalue weighted by Gasteiger charge is 2.29. The van der Waals surface area contributed by atoms with Gasteiger partial charge in [0, 0.05) is 0 Å².